The van der Waals surface area contributed by atoms with Crippen LogP contribution in [0.3, 0.4) is 0 Å². The molecule has 1 aromatic rings. The summed E-state index contributed by atoms with van der Waals surface area (Å²) in [5.41, 5.74) is 0.741. The van der Waals surface area contributed by atoms with Crippen LogP contribution in [0.2, 0.25) is 10.0 Å². The third kappa shape index (κ3) is 6.62. The minimum Gasteiger partial charge on any atom is -0.393 e. The monoisotopic (exact) mass is 301 g/mol. The predicted octanol–water partition coefficient (Wildman–Crippen LogP) is 3.28. The molecule has 5 heteroatoms. The molecule has 0 radical (unpaired) electrons. The molecule has 1 atom stereocenters. The highest BCUT2D eigenvalue weighted by Crippen LogP contribution is 2.21. The summed E-state index contributed by atoms with van der Waals surface area (Å²) in [6, 6.07) is 5.10. The molecule has 2 N–H and O–H groups in total. The predicted molar refractivity (Wildman–Crippen MR) is 79.4 cm³/mol. The fourth-order valence-corrected chi connectivity index (χ4v) is 1.94. The summed E-state index contributed by atoms with van der Waals surface area (Å²) in [5.74, 6) is -0.184. The zero-order valence-electron chi connectivity index (χ0n) is 10.7. The first-order chi connectivity index (χ1) is 8.99. The minimum absolute atomic E-state index is 0.184. The number of nitrogens with one attached hydrogen (secondary N) is 1. The molecular weight excluding hydrogens is 285 g/mol. The Morgan fingerprint density at radius 2 is 2.21 bits per heavy atom. The molecule has 0 bridgehead atoms. The fourth-order valence-electron chi connectivity index (χ4n) is 1.47. The normalized spacial score (nSPS) is 12.6. The molecule has 19 heavy (non-hydrogen) atoms. The second-order valence-corrected chi connectivity index (χ2v) is 5.13. The van der Waals surface area contributed by atoms with Gasteiger partial charge in [-0.3, -0.25) is 4.79 Å². The number of carbonyl (C=O) groups is 1. The average Bonchev–Trinajstić information content (AvgIpc) is 2.33. The van der Waals surface area contributed by atoms with Crippen LogP contribution in [-0.4, -0.2) is 23.7 Å². The summed E-state index contributed by atoms with van der Waals surface area (Å²) in [6.45, 7) is 2.27. The van der Waals surface area contributed by atoms with E-state index in [2.05, 4.69) is 5.32 Å². The summed E-state index contributed by atoms with van der Waals surface area (Å²) in [6.07, 6.45) is 4.16. The Morgan fingerprint density at radius 1 is 1.47 bits per heavy atom. The fraction of sp³-hybridized carbons (Fsp3) is 0.357. The largest absolute Gasteiger partial charge is 0.393 e. The molecule has 0 heterocycles. The van der Waals surface area contributed by atoms with Gasteiger partial charge in [-0.1, -0.05) is 29.3 Å². The van der Waals surface area contributed by atoms with Gasteiger partial charge in [0.1, 0.15) is 0 Å². The maximum atomic E-state index is 11.5. The number of hydrogen-bond acceptors (Lipinski definition) is 2. The van der Waals surface area contributed by atoms with Gasteiger partial charge in [0.25, 0.3) is 0 Å². The summed E-state index contributed by atoms with van der Waals surface area (Å²) in [7, 11) is 0. The first kappa shape index (κ1) is 16.0. The standard InChI is InChI=1S/C14H17Cl2NO2/c1-10(18)3-2-8-17-14(19)7-5-11-4-6-12(15)9-13(11)16/h4-7,9-10,18H,2-3,8H2,1H3,(H,17,19)/b7-5+. The Kier molecular flexibility index (Phi) is 6.92. The van der Waals surface area contributed by atoms with Crippen LogP contribution in [0.4, 0.5) is 0 Å². The molecule has 1 rings (SSSR count). The lowest BCUT2D eigenvalue weighted by atomic mass is 10.2. The van der Waals surface area contributed by atoms with Gasteiger partial charge in [-0.2, -0.15) is 0 Å². The maximum Gasteiger partial charge on any atom is 0.243 e. The third-order valence-corrected chi connectivity index (χ3v) is 3.04. The van der Waals surface area contributed by atoms with Gasteiger partial charge in [-0.15, -0.1) is 0 Å². The van der Waals surface area contributed by atoms with Crippen molar-refractivity contribution in [2.75, 3.05) is 6.54 Å². The second kappa shape index (κ2) is 8.20. The summed E-state index contributed by atoms with van der Waals surface area (Å²) in [4.78, 5) is 11.5. The molecule has 0 aliphatic rings. The highest BCUT2D eigenvalue weighted by atomic mass is 35.5. The van der Waals surface area contributed by atoms with Gasteiger partial charge in [0, 0.05) is 22.7 Å². The van der Waals surface area contributed by atoms with E-state index in [0.717, 1.165) is 12.0 Å². The number of aliphatic hydroxyl groups excluding tert-OH is 1. The molecule has 1 unspecified atom stereocenters. The molecular formula is C14H17Cl2NO2. The van der Waals surface area contributed by atoms with Gasteiger partial charge >= 0.3 is 0 Å². The van der Waals surface area contributed by atoms with Crippen LogP contribution in [0.5, 0.6) is 0 Å². The van der Waals surface area contributed by atoms with Gasteiger partial charge in [-0.05, 0) is 43.5 Å². The Labute approximate surface area is 123 Å². The molecule has 0 saturated heterocycles. The molecule has 1 aromatic carbocycles. The summed E-state index contributed by atoms with van der Waals surface area (Å²) >= 11 is 11.8. The lowest BCUT2D eigenvalue weighted by Gasteiger charge is -2.04. The van der Waals surface area contributed by atoms with E-state index in [1.807, 2.05) is 0 Å². The topological polar surface area (TPSA) is 49.3 Å². The number of carbonyl (C=O) groups excluding carboxylic acids is 1. The van der Waals surface area contributed by atoms with Crippen molar-refractivity contribution in [3.63, 3.8) is 0 Å². The Bertz CT molecular complexity index is 459. The summed E-state index contributed by atoms with van der Waals surface area (Å²) in [5, 5.41) is 12.9. The van der Waals surface area contributed by atoms with E-state index in [-0.39, 0.29) is 12.0 Å². The number of amides is 1. The van der Waals surface area contributed by atoms with E-state index in [1.165, 1.54) is 6.08 Å². The second-order valence-electron chi connectivity index (χ2n) is 4.28. The first-order valence-electron chi connectivity index (χ1n) is 6.08. The SMILES string of the molecule is CC(O)CCCNC(=O)/C=C/c1ccc(Cl)cc1Cl. The van der Waals surface area contributed by atoms with Gasteiger partial charge < -0.3 is 10.4 Å². The molecule has 1 amide bonds. The van der Waals surface area contributed by atoms with E-state index < -0.39 is 0 Å². The van der Waals surface area contributed by atoms with Gasteiger partial charge in [0.2, 0.25) is 5.91 Å². The molecule has 0 aliphatic heterocycles. The lowest BCUT2D eigenvalue weighted by molar-refractivity contribution is -0.116. The van der Waals surface area contributed by atoms with E-state index in [1.54, 1.807) is 31.2 Å². The Morgan fingerprint density at radius 3 is 2.84 bits per heavy atom. The third-order valence-electron chi connectivity index (χ3n) is 2.47. The smallest absolute Gasteiger partial charge is 0.243 e. The highest BCUT2D eigenvalue weighted by molar-refractivity contribution is 6.35. The van der Waals surface area contributed by atoms with Crippen LogP contribution in [0.1, 0.15) is 25.3 Å². The molecule has 0 aliphatic carbocycles. The molecule has 104 valence electrons. The van der Waals surface area contributed by atoms with Gasteiger partial charge in [0.05, 0.1) is 6.10 Å². The van der Waals surface area contributed by atoms with Crippen molar-refractivity contribution in [3.8, 4) is 0 Å². The molecule has 0 spiro atoms. The number of hydrogen-bond donors (Lipinski definition) is 2. The zero-order valence-corrected chi connectivity index (χ0v) is 12.2. The average molecular weight is 302 g/mol. The molecule has 0 fully saturated rings. The van der Waals surface area contributed by atoms with Crippen molar-refractivity contribution in [1.29, 1.82) is 0 Å². The van der Waals surface area contributed by atoms with Crippen LogP contribution < -0.4 is 5.32 Å². The van der Waals surface area contributed by atoms with Crippen LogP contribution in [0, 0.1) is 0 Å². The van der Waals surface area contributed by atoms with Crippen molar-refractivity contribution >= 4 is 35.2 Å². The molecule has 0 saturated carbocycles. The van der Waals surface area contributed by atoms with E-state index >= 15 is 0 Å². The van der Waals surface area contributed by atoms with Crippen molar-refractivity contribution in [2.45, 2.75) is 25.9 Å². The zero-order chi connectivity index (χ0) is 14.3. The van der Waals surface area contributed by atoms with Crippen LogP contribution >= 0.6 is 23.2 Å². The van der Waals surface area contributed by atoms with Gasteiger partial charge in [-0.25, -0.2) is 0 Å². The van der Waals surface area contributed by atoms with E-state index in [4.69, 9.17) is 28.3 Å². The van der Waals surface area contributed by atoms with Crippen molar-refractivity contribution in [1.82, 2.24) is 5.32 Å². The maximum absolute atomic E-state index is 11.5. The quantitative estimate of drug-likeness (QED) is 0.626. The molecule has 3 nitrogen and oxygen atoms in total. The van der Waals surface area contributed by atoms with Crippen molar-refractivity contribution in [2.24, 2.45) is 0 Å². The highest BCUT2D eigenvalue weighted by Gasteiger charge is 2.00. The van der Waals surface area contributed by atoms with Crippen LogP contribution in [0.15, 0.2) is 24.3 Å². The van der Waals surface area contributed by atoms with Crippen molar-refractivity contribution in [3.05, 3.63) is 39.9 Å². The van der Waals surface area contributed by atoms with Crippen molar-refractivity contribution < 1.29 is 9.90 Å². The van der Waals surface area contributed by atoms with E-state index in [9.17, 15) is 4.79 Å². The van der Waals surface area contributed by atoms with E-state index in [0.29, 0.717) is 23.0 Å². The van der Waals surface area contributed by atoms with Crippen LogP contribution in [0.25, 0.3) is 6.08 Å². The molecule has 0 aromatic heterocycles. The minimum atomic E-state index is -0.333. The Hall–Kier alpha value is -1.03. The lowest BCUT2D eigenvalue weighted by Crippen LogP contribution is -2.22. The van der Waals surface area contributed by atoms with Gasteiger partial charge in [0.15, 0.2) is 0 Å². The first-order valence-corrected chi connectivity index (χ1v) is 6.83. The number of aliphatic hydroxyl groups is 1. The number of rotatable bonds is 6. The van der Waals surface area contributed by atoms with Crippen LogP contribution in [-0.2, 0) is 4.79 Å². The number of halogens is 2. The summed E-state index contributed by atoms with van der Waals surface area (Å²) < 4.78 is 0. The number of benzene rings is 1. The Balaban J connectivity index is 2.41.